The molecule has 1 saturated heterocycles. The Morgan fingerprint density at radius 2 is 2.04 bits per heavy atom. The normalized spacial score (nSPS) is 20.3. The van der Waals surface area contributed by atoms with Crippen LogP contribution >= 0.6 is 0 Å². The third-order valence-electron chi connectivity index (χ3n) is 5.56. The van der Waals surface area contributed by atoms with Crippen LogP contribution in [0.3, 0.4) is 0 Å². The summed E-state index contributed by atoms with van der Waals surface area (Å²) < 4.78 is 5.84. The van der Waals surface area contributed by atoms with Crippen molar-refractivity contribution in [1.29, 1.82) is 0 Å². The maximum Gasteiger partial charge on any atom is 0.226 e. The van der Waals surface area contributed by atoms with Gasteiger partial charge in [0.15, 0.2) is 0 Å². The van der Waals surface area contributed by atoms with Gasteiger partial charge in [-0.25, -0.2) is 0 Å². The molecule has 2 aliphatic rings. The van der Waals surface area contributed by atoms with Gasteiger partial charge < -0.3 is 14.5 Å². The largest absolute Gasteiger partial charge is 0.493 e. The average Bonchev–Trinajstić information content (AvgIpc) is 3.06. The number of amides is 1. The number of para-hydroxylation sites is 1. The van der Waals surface area contributed by atoms with Crippen LogP contribution < -0.4 is 9.64 Å². The molecule has 27 heavy (non-hydrogen) atoms. The van der Waals surface area contributed by atoms with Crippen LogP contribution in [0.15, 0.2) is 42.6 Å². The Morgan fingerprint density at radius 1 is 1.15 bits per heavy atom. The summed E-state index contributed by atoms with van der Waals surface area (Å²) in [5.41, 5.74) is 3.38. The molecule has 0 radical (unpaired) electrons. The highest BCUT2D eigenvalue weighted by Crippen LogP contribution is 2.28. The van der Waals surface area contributed by atoms with Gasteiger partial charge in [-0.15, -0.1) is 0 Å². The van der Waals surface area contributed by atoms with Crippen LogP contribution in [0, 0.1) is 12.8 Å². The molecule has 1 amide bonds. The Balaban J connectivity index is 1.42. The molecule has 2 aliphatic heterocycles. The molecule has 1 atom stereocenters. The summed E-state index contributed by atoms with van der Waals surface area (Å²) in [6.07, 6.45) is 4.42. The highest BCUT2D eigenvalue weighted by Gasteiger charge is 2.29. The maximum absolute atomic E-state index is 13.2. The van der Waals surface area contributed by atoms with Crippen molar-refractivity contribution >= 4 is 11.6 Å². The van der Waals surface area contributed by atoms with E-state index in [1.54, 1.807) is 0 Å². The number of hydrogen-bond acceptors (Lipinski definition) is 4. The lowest BCUT2D eigenvalue weighted by Gasteiger charge is -2.26. The topological polar surface area (TPSA) is 45.7 Å². The number of rotatable bonds is 2. The van der Waals surface area contributed by atoms with Gasteiger partial charge in [0.1, 0.15) is 5.75 Å². The lowest BCUT2D eigenvalue weighted by molar-refractivity contribution is -0.135. The van der Waals surface area contributed by atoms with Gasteiger partial charge in [-0.2, -0.15) is 0 Å². The van der Waals surface area contributed by atoms with E-state index < -0.39 is 0 Å². The molecule has 0 saturated carbocycles. The van der Waals surface area contributed by atoms with E-state index in [9.17, 15) is 4.79 Å². The van der Waals surface area contributed by atoms with Crippen molar-refractivity contribution in [2.45, 2.75) is 26.2 Å². The summed E-state index contributed by atoms with van der Waals surface area (Å²) in [6.45, 7) is 6.09. The number of anilines is 1. The van der Waals surface area contributed by atoms with Gasteiger partial charge in [-0.3, -0.25) is 9.78 Å². The Morgan fingerprint density at radius 3 is 2.93 bits per heavy atom. The summed E-state index contributed by atoms with van der Waals surface area (Å²) in [6, 6.07) is 12.3. The molecule has 5 nitrogen and oxygen atoms in total. The predicted octanol–water partition coefficient (Wildman–Crippen LogP) is 3.07. The van der Waals surface area contributed by atoms with Gasteiger partial charge in [-0.05, 0) is 49.9 Å². The number of ether oxygens (including phenoxy) is 1. The van der Waals surface area contributed by atoms with E-state index in [-0.39, 0.29) is 11.8 Å². The second-order valence-electron chi connectivity index (χ2n) is 7.47. The van der Waals surface area contributed by atoms with Crippen molar-refractivity contribution in [3.63, 3.8) is 0 Å². The molecule has 0 N–H and O–H groups in total. The van der Waals surface area contributed by atoms with Crippen molar-refractivity contribution in [3.8, 4) is 5.75 Å². The fraction of sp³-hybridized carbons (Fsp3) is 0.455. The van der Waals surface area contributed by atoms with Gasteiger partial charge in [0, 0.05) is 49.7 Å². The SMILES string of the molecule is Cc1cc(N2CCCN(C(=O)[C@H]3CCOc4ccccc4C3)CC2)ccn1. The van der Waals surface area contributed by atoms with Crippen LogP contribution in [0.5, 0.6) is 5.75 Å². The number of hydrogen-bond donors (Lipinski definition) is 0. The number of carbonyl (C=O) groups is 1. The Bertz CT molecular complexity index is 808. The summed E-state index contributed by atoms with van der Waals surface area (Å²) in [5.74, 6) is 1.23. The smallest absolute Gasteiger partial charge is 0.226 e. The molecular formula is C22H27N3O2. The summed E-state index contributed by atoms with van der Waals surface area (Å²) in [4.78, 5) is 21.9. The number of fused-ring (bicyclic) bond motifs is 1. The second kappa shape index (κ2) is 7.99. The minimum atomic E-state index is 0.0170. The van der Waals surface area contributed by atoms with Gasteiger partial charge in [0.05, 0.1) is 6.61 Å². The van der Waals surface area contributed by atoms with E-state index in [0.717, 1.165) is 62.4 Å². The van der Waals surface area contributed by atoms with E-state index in [0.29, 0.717) is 6.61 Å². The van der Waals surface area contributed by atoms with E-state index >= 15 is 0 Å². The fourth-order valence-corrected chi connectivity index (χ4v) is 4.08. The van der Waals surface area contributed by atoms with Crippen LogP contribution in [0.25, 0.3) is 0 Å². The number of carbonyl (C=O) groups excluding carboxylic acids is 1. The highest BCUT2D eigenvalue weighted by atomic mass is 16.5. The molecule has 2 aromatic rings. The number of aromatic nitrogens is 1. The zero-order valence-corrected chi connectivity index (χ0v) is 15.9. The lowest BCUT2D eigenvalue weighted by atomic mass is 9.95. The minimum Gasteiger partial charge on any atom is -0.493 e. The first-order valence-corrected chi connectivity index (χ1v) is 9.88. The molecule has 0 spiro atoms. The quantitative estimate of drug-likeness (QED) is 0.821. The third kappa shape index (κ3) is 4.07. The summed E-state index contributed by atoms with van der Waals surface area (Å²) >= 11 is 0. The van der Waals surface area contributed by atoms with Gasteiger partial charge in [0.25, 0.3) is 0 Å². The fourth-order valence-electron chi connectivity index (χ4n) is 4.08. The molecule has 0 unspecified atom stereocenters. The molecule has 0 aliphatic carbocycles. The van der Waals surface area contributed by atoms with Crippen LogP contribution in [0.1, 0.15) is 24.1 Å². The average molecular weight is 365 g/mol. The van der Waals surface area contributed by atoms with E-state index in [1.165, 1.54) is 5.69 Å². The summed E-state index contributed by atoms with van der Waals surface area (Å²) in [5, 5.41) is 0. The van der Waals surface area contributed by atoms with Crippen molar-refractivity contribution in [1.82, 2.24) is 9.88 Å². The third-order valence-corrected chi connectivity index (χ3v) is 5.56. The Kier molecular flexibility index (Phi) is 5.28. The second-order valence-corrected chi connectivity index (χ2v) is 7.47. The van der Waals surface area contributed by atoms with Crippen molar-refractivity contribution in [3.05, 3.63) is 53.9 Å². The Labute approximate surface area is 161 Å². The molecule has 0 bridgehead atoms. The van der Waals surface area contributed by atoms with Crippen molar-refractivity contribution in [2.24, 2.45) is 5.92 Å². The number of nitrogens with zero attached hydrogens (tertiary/aromatic N) is 3. The van der Waals surface area contributed by atoms with Crippen LogP contribution in [-0.2, 0) is 11.2 Å². The molecule has 1 aromatic carbocycles. The first kappa shape index (κ1) is 17.8. The first-order valence-electron chi connectivity index (χ1n) is 9.88. The van der Waals surface area contributed by atoms with Crippen LogP contribution in [0.4, 0.5) is 5.69 Å². The molecule has 142 valence electrons. The molecule has 1 fully saturated rings. The maximum atomic E-state index is 13.2. The lowest BCUT2D eigenvalue weighted by Crippen LogP contribution is -2.39. The van der Waals surface area contributed by atoms with E-state index in [4.69, 9.17) is 4.74 Å². The predicted molar refractivity (Wildman–Crippen MR) is 106 cm³/mol. The van der Waals surface area contributed by atoms with Gasteiger partial charge in [0.2, 0.25) is 5.91 Å². The zero-order chi connectivity index (χ0) is 18.6. The highest BCUT2D eigenvalue weighted by molar-refractivity contribution is 5.79. The minimum absolute atomic E-state index is 0.0170. The first-order chi connectivity index (χ1) is 13.2. The zero-order valence-electron chi connectivity index (χ0n) is 15.9. The molecule has 3 heterocycles. The molecule has 5 heteroatoms. The van der Waals surface area contributed by atoms with E-state index in [2.05, 4.69) is 33.0 Å². The van der Waals surface area contributed by atoms with Crippen LogP contribution in [0.2, 0.25) is 0 Å². The van der Waals surface area contributed by atoms with Crippen molar-refractivity contribution < 1.29 is 9.53 Å². The van der Waals surface area contributed by atoms with Gasteiger partial charge in [-0.1, -0.05) is 18.2 Å². The Hall–Kier alpha value is -2.56. The molecule has 4 rings (SSSR count). The number of aryl methyl sites for hydroxylation is 1. The number of pyridine rings is 1. The van der Waals surface area contributed by atoms with E-state index in [1.807, 2.05) is 31.3 Å². The monoisotopic (exact) mass is 365 g/mol. The van der Waals surface area contributed by atoms with Crippen molar-refractivity contribution in [2.75, 3.05) is 37.7 Å². The number of benzene rings is 1. The molecular weight excluding hydrogens is 338 g/mol. The molecule has 1 aromatic heterocycles. The summed E-state index contributed by atoms with van der Waals surface area (Å²) in [7, 11) is 0. The standard InChI is InChI=1S/C22H27N3O2/c1-17-15-20(7-9-23-17)24-10-4-11-25(13-12-24)22(26)19-8-14-27-21-6-3-2-5-18(21)16-19/h2-3,5-7,9,15,19H,4,8,10-14,16H2,1H3/t19-/m0/s1. The van der Waals surface area contributed by atoms with Gasteiger partial charge >= 0.3 is 0 Å². The van der Waals surface area contributed by atoms with Crippen LogP contribution in [-0.4, -0.2) is 48.6 Å².